The van der Waals surface area contributed by atoms with Crippen molar-refractivity contribution >= 4 is 34.8 Å². The van der Waals surface area contributed by atoms with Gasteiger partial charge in [-0.05, 0) is 43.4 Å². The van der Waals surface area contributed by atoms with Crippen LogP contribution in [-0.2, 0) is 16.2 Å². The van der Waals surface area contributed by atoms with Gasteiger partial charge in [0.1, 0.15) is 6.61 Å². The zero-order valence-electron chi connectivity index (χ0n) is 15.7. The predicted octanol–water partition coefficient (Wildman–Crippen LogP) is 4.71. The predicted molar refractivity (Wildman–Crippen MR) is 107 cm³/mol. The number of halogens is 2. The molecular formula is C21H16ClFN2O5. The molecule has 2 aromatic carbocycles. The van der Waals surface area contributed by atoms with E-state index in [1.807, 2.05) is 0 Å². The second-order valence-corrected chi connectivity index (χ2v) is 7.49. The third-order valence-corrected chi connectivity index (χ3v) is 5.42. The molecule has 0 saturated carbocycles. The fourth-order valence-corrected chi connectivity index (χ4v) is 3.79. The average molecular weight is 431 g/mol. The first kappa shape index (κ1) is 20.0. The number of amides is 2. The van der Waals surface area contributed by atoms with E-state index in [4.69, 9.17) is 16.3 Å². The zero-order chi connectivity index (χ0) is 21.4. The van der Waals surface area contributed by atoms with Crippen molar-refractivity contribution in [2.24, 2.45) is 0 Å². The Bertz CT molecular complexity index is 1070. The lowest BCUT2D eigenvalue weighted by molar-refractivity contribution is -0.385. The van der Waals surface area contributed by atoms with Gasteiger partial charge in [-0.1, -0.05) is 23.7 Å². The Morgan fingerprint density at radius 2 is 1.67 bits per heavy atom. The molecule has 0 radical (unpaired) electrons. The van der Waals surface area contributed by atoms with Crippen molar-refractivity contribution in [3.8, 4) is 5.75 Å². The first-order valence-corrected chi connectivity index (χ1v) is 9.70. The summed E-state index contributed by atoms with van der Waals surface area (Å²) in [5.74, 6) is -2.48. The third kappa shape index (κ3) is 3.54. The summed E-state index contributed by atoms with van der Waals surface area (Å²) in [6.07, 6.45) is 2.43. The van der Waals surface area contributed by atoms with Gasteiger partial charge in [0, 0.05) is 28.3 Å². The van der Waals surface area contributed by atoms with E-state index < -0.39 is 33.9 Å². The van der Waals surface area contributed by atoms with Gasteiger partial charge < -0.3 is 4.74 Å². The first-order chi connectivity index (χ1) is 14.4. The van der Waals surface area contributed by atoms with Gasteiger partial charge in [0.05, 0.1) is 10.6 Å². The van der Waals surface area contributed by atoms with Gasteiger partial charge in [-0.25, -0.2) is 9.29 Å². The van der Waals surface area contributed by atoms with E-state index >= 15 is 0 Å². The lowest BCUT2D eigenvalue weighted by Gasteiger charge is -2.17. The summed E-state index contributed by atoms with van der Waals surface area (Å²) >= 11 is 5.82. The number of benzene rings is 2. The summed E-state index contributed by atoms with van der Waals surface area (Å²) in [6.45, 7) is -0.0474. The number of carbonyl (C=O) groups is 2. The maximum atomic E-state index is 14.9. The first-order valence-electron chi connectivity index (χ1n) is 9.33. The molecule has 9 heteroatoms. The number of imide groups is 1. The summed E-state index contributed by atoms with van der Waals surface area (Å²) in [5, 5.41) is 12.1. The van der Waals surface area contributed by atoms with Crippen molar-refractivity contribution in [3.63, 3.8) is 0 Å². The second-order valence-electron chi connectivity index (χ2n) is 7.05. The molecule has 30 heavy (non-hydrogen) atoms. The maximum Gasteiger partial charge on any atom is 0.313 e. The van der Waals surface area contributed by atoms with Crippen molar-refractivity contribution in [3.05, 3.63) is 74.1 Å². The summed E-state index contributed by atoms with van der Waals surface area (Å²) in [5.41, 5.74) is 0.448. The minimum absolute atomic E-state index is 0.0474. The second kappa shape index (κ2) is 7.87. The van der Waals surface area contributed by atoms with Crippen LogP contribution in [0, 0.1) is 15.9 Å². The van der Waals surface area contributed by atoms with Gasteiger partial charge in [-0.15, -0.1) is 0 Å². The van der Waals surface area contributed by atoms with Crippen LogP contribution in [0.1, 0.15) is 31.2 Å². The highest BCUT2D eigenvalue weighted by molar-refractivity contribution is 6.33. The summed E-state index contributed by atoms with van der Waals surface area (Å²) in [6, 6.07) is 8.34. The SMILES string of the molecule is O=C1C2=C(CCCC2)C(=O)N1c1cc([N+](=O)[O-])c(OCc2ccc(Cl)cc2)cc1F. The summed E-state index contributed by atoms with van der Waals surface area (Å²) in [4.78, 5) is 36.9. The van der Waals surface area contributed by atoms with Gasteiger partial charge in [0.25, 0.3) is 11.8 Å². The standard InChI is InChI=1S/C21H16ClFN2O5/c22-13-7-5-12(6-8-13)11-30-19-9-16(23)17(10-18(19)25(28)29)24-20(26)14-3-1-2-4-15(14)21(24)27/h5-10H,1-4,11H2. The number of hydrogen-bond acceptors (Lipinski definition) is 5. The number of ether oxygens (including phenoxy) is 1. The Morgan fingerprint density at radius 3 is 2.23 bits per heavy atom. The largest absolute Gasteiger partial charge is 0.482 e. The van der Waals surface area contributed by atoms with Crippen LogP contribution in [0.3, 0.4) is 0 Å². The van der Waals surface area contributed by atoms with E-state index in [1.54, 1.807) is 24.3 Å². The van der Waals surface area contributed by atoms with Crippen molar-refractivity contribution < 1.29 is 23.6 Å². The van der Waals surface area contributed by atoms with Crippen LogP contribution in [0.4, 0.5) is 15.8 Å². The van der Waals surface area contributed by atoms with Crippen LogP contribution in [-0.4, -0.2) is 16.7 Å². The van der Waals surface area contributed by atoms with Crippen molar-refractivity contribution in [1.82, 2.24) is 0 Å². The molecule has 1 aliphatic heterocycles. The lowest BCUT2D eigenvalue weighted by Crippen LogP contribution is -2.32. The van der Waals surface area contributed by atoms with E-state index in [-0.39, 0.29) is 12.4 Å². The lowest BCUT2D eigenvalue weighted by atomic mass is 9.93. The Labute approximate surface area is 175 Å². The average Bonchev–Trinajstić information content (AvgIpc) is 2.98. The van der Waals surface area contributed by atoms with E-state index in [9.17, 15) is 24.1 Å². The maximum absolute atomic E-state index is 14.9. The van der Waals surface area contributed by atoms with Gasteiger partial charge >= 0.3 is 5.69 Å². The Morgan fingerprint density at radius 1 is 1.07 bits per heavy atom. The van der Waals surface area contributed by atoms with Gasteiger partial charge in [0.2, 0.25) is 5.75 Å². The molecule has 1 aliphatic carbocycles. The van der Waals surface area contributed by atoms with E-state index in [0.29, 0.717) is 39.5 Å². The molecular weight excluding hydrogens is 415 g/mol. The molecule has 2 amide bonds. The van der Waals surface area contributed by atoms with Gasteiger partial charge in [0.15, 0.2) is 5.82 Å². The topological polar surface area (TPSA) is 89.8 Å². The molecule has 154 valence electrons. The Kier molecular flexibility index (Phi) is 5.26. The number of nitro groups is 1. The molecule has 4 rings (SSSR count). The highest BCUT2D eigenvalue weighted by atomic mass is 35.5. The van der Waals surface area contributed by atoms with Crippen LogP contribution in [0.5, 0.6) is 5.75 Å². The van der Waals surface area contributed by atoms with Gasteiger partial charge in [-0.3, -0.25) is 19.7 Å². The smallest absolute Gasteiger partial charge is 0.313 e. The Hall–Kier alpha value is -3.26. The normalized spacial score (nSPS) is 16.1. The molecule has 0 spiro atoms. The number of nitro benzene ring substituents is 1. The number of carbonyl (C=O) groups excluding carboxylic acids is 2. The van der Waals surface area contributed by atoms with Crippen LogP contribution in [0.2, 0.25) is 5.02 Å². The molecule has 0 bridgehead atoms. The highest BCUT2D eigenvalue weighted by Crippen LogP contribution is 2.40. The summed E-state index contributed by atoms with van der Waals surface area (Å²) in [7, 11) is 0. The molecule has 2 aliphatic rings. The van der Waals surface area contributed by atoms with Crippen molar-refractivity contribution in [2.75, 3.05) is 4.90 Å². The molecule has 0 fully saturated rings. The monoisotopic (exact) mass is 430 g/mol. The fraction of sp³-hybridized carbons (Fsp3) is 0.238. The van der Waals surface area contributed by atoms with Crippen LogP contribution >= 0.6 is 11.6 Å². The summed E-state index contributed by atoms with van der Waals surface area (Å²) < 4.78 is 20.3. The van der Waals surface area contributed by atoms with E-state index in [2.05, 4.69) is 0 Å². The number of hydrogen-bond donors (Lipinski definition) is 0. The van der Waals surface area contributed by atoms with Crippen molar-refractivity contribution in [1.29, 1.82) is 0 Å². The molecule has 2 aromatic rings. The number of anilines is 1. The molecule has 0 atom stereocenters. The molecule has 1 heterocycles. The van der Waals surface area contributed by atoms with Crippen LogP contribution in [0.15, 0.2) is 47.5 Å². The Balaban J connectivity index is 1.65. The zero-order valence-corrected chi connectivity index (χ0v) is 16.4. The van der Waals surface area contributed by atoms with Crippen LogP contribution < -0.4 is 9.64 Å². The minimum atomic E-state index is -0.951. The molecule has 0 unspecified atom stereocenters. The fourth-order valence-electron chi connectivity index (χ4n) is 3.66. The molecule has 0 N–H and O–H groups in total. The van der Waals surface area contributed by atoms with Crippen LogP contribution in [0.25, 0.3) is 0 Å². The molecule has 0 saturated heterocycles. The molecule has 7 nitrogen and oxygen atoms in total. The van der Waals surface area contributed by atoms with E-state index in [0.717, 1.165) is 25.0 Å². The van der Waals surface area contributed by atoms with E-state index in [1.165, 1.54) is 0 Å². The van der Waals surface area contributed by atoms with Crippen molar-refractivity contribution in [2.45, 2.75) is 32.3 Å². The number of nitrogens with zero attached hydrogens (tertiary/aromatic N) is 2. The third-order valence-electron chi connectivity index (χ3n) is 5.16. The number of rotatable bonds is 5. The quantitative estimate of drug-likeness (QED) is 0.389. The highest BCUT2D eigenvalue weighted by Gasteiger charge is 2.41. The molecule has 0 aromatic heterocycles. The minimum Gasteiger partial charge on any atom is -0.482 e. The van der Waals surface area contributed by atoms with Gasteiger partial charge in [-0.2, -0.15) is 0 Å².